The summed E-state index contributed by atoms with van der Waals surface area (Å²) < 4.78 is 0. The quantitative estimate of drug-likeness (QED) is 0.914. The third-order valence-corrected chi connectivity index (χ3v) is 3.08. The molecule has 3 heteroatoms. The molecule has 0 heterocycles. The first kappa shape index (κ1) is 13.3. The van der Waals surface area contributed by atoms with Crippen LogP contribution in [-0.4, -0.2) is 24.9 Å². The van der Waals surface area contributed by atoms with Crippen LogP contribution >= 0.6 is 0 Å². The maximum Gasteiger partial charge on any atom is 0.253 e. The van der Waals surface area contributed by atoms with Crippen molar-refractivity contribution in [1.29, 1.82) is 0 Å². The number of carbonyl (C=O) groups excluding carboxylic acids is 1. The summed E-state index contributed by atoms with van der Waals surface area (Å²) in [6.07, 6.45) is 0. The van der Waals surface area contributed by atoms with Crippen LogP contribution in [0.15, 0.2) is 54.6 Å². The summed E-state index contributed by atoms with van der Waals surface area (Å²) in [5, 5.41) is 0. The van der Waals surface area contributed by atoms with E-state index in [-0.39, 0.29) is 11.9 Å². The fourth-order valence-electron chi connectivity index (χ4n) is 1.94. The predicted octanol–water partition coefficient (Wildman–Crippen LogP) is 2.44. The summed E-state index contributed by atoms with van der Waals surface area (Å²) in [5.74, 6) is -0.000155. The molecule has 1 atom stereocenters. The Morgan fingerprint density at radius 3 is 2.00 bits per heavy atom. The topological polar surface area (TPSA) is 46.3 Å². The van der Waals surface area contributed by atoms with Crippen molar-refractivity contribution in [2.24, 2.45) is 5.73 Å². The molecule has 0 saturated carbocycles. The van der Waals surface area contributed by atoms with E-state index >= 15 is 0 Å². The van der Waals surface area contributed by atoms with Crippen molar-refractivity contribution < 1.29 is 4.79 Å². The Morgan fingerprint density at radius 1 is 0.947 bits per heavy atom. The minimum atomic E-state index is -0.162. The van der Waals surface area contributed by atoms with Crippen molar-refractivity contribution >= 4 is 5.91 Å². The molecule has 1 amide bonds. The molecule has 0 saturated heterocycles. The van der Waals surface area contributed by atoms with Gasteiger partial charge in [-0.15, -0.1) is 0 Å². The lowest BCUT2D eigenvalue weighted by Gasteiger charge is -2.14. The highest BCUT2D eigenvalue weighted by Crippen LogP contribution is 2.19. The van der Waals surface area contributed by atoms with Crippen LogP contribution in [0.3, 0.4) is 0 Å². The summed E-state index contributed by atoms with van der Waals surface area (Å²) in [6.45, 7) is 0. The van der Waals surface area contributed by atoms with Crippen molar-refractivity contribution in [1.82, 2.24) is 4.90 Å². The third-order valence-electron chi connectivity index (χ3n) is 3.08. The minimum absolute atomic E-state index is 0.000155. The van der Waals surface area contributed by atoms with Gasteiger partial charge in [-0.2, -0.15) is 0 Å². The normalized spacial score (nSPS) is 11.9. The summed E-state index contributed by atoms with van der Waals surface area (Å²) in [4.78, 5) is 13.4. The lowest BCUT2D eigenvalue weighted by atomic mass is 9.98. The minimum Gasteiger partial charge on any atom is -0.345 e. The molecule has 0 bridgehead atoms. The van der Waals surface area contributed by atoms with Crippen molar-refractivity contribution in [3.05, 3.63) is 71.3 Å². The molecule has 0 aliphatic carbocycles. The second-order valence-corrected chi connectivity index (χ2v) is 4.71. The highest BCUT2D eigenvalue weighted by molar-refractivity contribution is 5.93. The van der Waals surface area contributed by atoms with Gasteiger partial charge >= 0.3 is 0 Å². The molecule has 0 radical (unpaired) electrons. The number of nitrogens with zero attached hydrogens (tertiary/aromatic N) is 1. The lowest BCUT2D eigenvalue weighted by Crippen LogP contribution is -2.21. The summed E-state index contributed by atoms with van der Waals surface area (Å²) in [7, 11) is 3.48. The summed E-state index contributed by atoms with van der Waals surface area (Å²) in [6, 6.07) is 17.2. The zero-order valence-electron chi connectivity index (χ0n) is 11.2. The maximum atomic E-state index is 11.8. The van der Waals surface area contributed by atoms with Gasteiger partial charge in [0.05, 0.1) is 6.04 Å². The highest BCUT2D eigenvalue weighted by atomic mass is 16.2. The standard InChI is InChI=1S/C16H18N2O/c1-18(2)16(19)14-10-8-13(9-11-14)15(17)12-6-4-3-5-7-12/h3-11,15H,17H2,1-2H3. The molecular weight excluding hydrogens is 236 g/mol. The molecule has 3 nitrogen and oxygen atoms in total. The molecule has 0 aliphatic rings. The van der Waals surface area contributed by atoms with E-state index in [1.807, 2.05) is 54.6 Å². The van der Waals surface area contributed by atoms with Gasteiger partial charge in [0.1, 0.15) is 0 Å². The van der Waals surface area contributed by atoms with E-state index in [1.165, 1.54) is 0 Å². The van der Waals surface area contributed by atoms with Crippen LogP contribution in [-0.2, 0) is 0 Å². The average Bonchev–Trinajstić information content (AvgIpc) is 2.46. The molecule has 2 aromatic rings. The van der Waals surface area contributed by atoms with Gasteiger partial charge in [0.25, 0.3) is 5.91 Å². The van der Waals surface area contributed by atoms with Crippen LogP contribution in [0.25, 0.3) is 0 Å². The second-order valence-electron chi connectivity index (χ2n) is 4.71. The van der Waals surface area contributed by atoms with Crippen LogP contribution in [0.1, 0.15) is 27.5 Å². The van der Waals surface area contributed by atoms with Crippen molar-refractivity contribution in [2.75, 3.05) is 14.1 Å². The zero-order chi connectivity index (χ0) is 13.8. The third kappa shape index (κ3) is 3.01. The monoisotopic (exact) mass is 254 g/mol. The average molecular weight is 254 g/mol. The molecule has 0 spiro atoms. The number of hydrogen-bond donors (Lipinski definition) is 1. The molecule has 0 aromatic heterocycles. The van der Waals surface area contributed by atoms with Crippen molar-refractivity contribution in [2.45, 2.75) is 6.04 Å². The number of amides is 1. The second kappa shape index (κ2) is 5.67. The maximum absolute atomic E-state index is 11.8. The molecule has 2 aromatic carbocycles. The number of carbonyl (C=O) groups is 1. The molecule has 2 rings (SSSR count). The fourth-order valence-corrected chi connectivity index (χ4v) is 1.94. The van der Waals surface area contributed by atoms with Gasteiger partial charge < -0.3 is 10.6 Å². The fraction of sp³-hybridized carbons (Fsp3) is 0.188. The molecule has 0 fully saturated rings. The van der Waals surface area contributed by atoms with Gasteiger partial charge in [-0.3, -0.25) is 4.79 Å². The predicted molar refractivity (Wildman–Crippen MR) is 76.9 cm³/mol. The van der Waals surface area contributed by atoms with Crippen LogP contribution in [0, 0.1) is 0 Å². The van der Waals surface area contributed by atoms with Crippen LogP contribution in [0.2, 0.25) is 0 Å². The SMILES string of the molecule is CN(C)C(=O)c1ccc(C(N)c2ccccc2)cc1. The Hall–Kier alpha value is -2.13. The van der Waals surface area contributed by atoms with Gasteiger partial charge in [-0.1, -0.05) is 42.5 Å². The Labute approximate surface area is 113 Å². The van der Waals surface area contributed by atoms with Crippen LogP contribution in [0.4, 0.5) is 0 Å². The van der Waals surface area contributed by atoms with E-state index in [0.29, 0.717) is 5.56 Å². The van der Waals surface area contributed by atoms with Crippen LogP contribution in [0.5, 0.6) is 0 Å². The first-order chi connectivity index (χ1) is 9.09. The van der Waals surface area contributed by atoms with Gasteiger partial charge in [0, 0.05) is 19.7 Å². The Morgan fingerprint density at radius 2 is 1.47 bits per heavy atom. The Kier molecular flexibility index (Phi) is 3.97. The smallest absolute Gasteiger partial charge is 0.253 e. The van der Waals surface area contributed by atoms with E-state index < -0.39 is 0 Å². The Bertz CT molecular complexity index is 547. The van der Waals surface area contributed by atoms with Crippen molar-refractivity contribution in [3.63, 3.8) is 0 Å². The van der Waals surface area contributed by atoms with E-state index in [2.05, 4.69) is 0 Å². The Balaban J connectivity index is 2.21. The number of rotatable bonds is 3. The number of hydrogen-bond acceptors (Lipinski definition) is 2. The van der Waals surface area contributed by atoms with E-state index in [9.17, 15) is 4.79 Å². The molecule has 98 valence electrons. The molecule has 0 aliphatic heterocycles. The first-order valence-electron chi connectivity index (χ1n) is 6.21. The van der Waals surface area contributed by atoms with E-state index in [4.69, 9.17) is 5.73 Å². The van der Waals surface area contributed by atoms with E-state index in [0.717, 1.165) is 11.1 Å². The van der Waals surface area contributed by atoms with E-state index in [1.54, 1.807) is 19.0 Å². The summed E-state index contributed by atoms with van der Waals surface area (Å²) >= 11 is 0. The largest absolute Gasteiger partial charge is 0.345 e. The van der Waals surface area contributed by atoms with Crippen molar-refractivity contribution in [3.8, 4) is 0 Å². The van der Waals surface area contributed by atoms with Gasteiger partial charge in [-0.25, -0.2) is 0 Å². The van der Waals surface area contributed by atoms with Crippen LogP contribution < -0.4 is 5.73 Å². The molecule has 2 N–H and O–H groups in total. The molecule has 1 unspecified atom stereocenters. The summed E-state index contributed by atoms with van der Waals surface area (Å²) in [5.41, 5.74) is 8.95. The number of benzene rings is 2. The first-order valence-corrected chi connectivity index (χ1v) is 6.21. The highest BCUT2D eigenvalue weighted by Gasteiger charge is 2.11. The van der Waals surface area contributed by atoms with Gasteiger partial charge in [0.15, 0.2) is 0 Å². The lowest BCUT2D eigenvalue weighted by molar-refractivity contribution is 0.0827. The van der Waals surface area contributed by atoms with Gasteiger partial charge in [-0.05, 0) is 23.3 Å². The van der Waals surface area contributed by atoms with Gasteiger partial charge in [0.2, 0.25) is 0 Å². The molecular formula is C16H18N2O. The number of nitrogens with two attached hydrogens (primary N) is 1. The zero-order valence-corrected chi connectivity index (χ0v) is 11.2. The molecule has 19 heavy (non-hydrogen) atoms.